The number of hydrogen-bond donors (Lipinski definition) is 2. The number of carbonyl (C=O) groups is 1. The number of para-hydroxylation sites is 2. The number of benzene rings is 1. The second-order valence-electron chi connectivity index (χ2n) is 6.97. The van der Waals surface area contributed by atoms with Gasteiger partial charge in [0, 0.05) is 40.9 Å². The third kappa shape index (κ3) is 2.94. The molecule has 2 aliphatic rings. The number of rotatable bonds is 2. The maximum absolute atomic E-state index is 13.3. The van der Waals surface area contributed by atoms with E-state index in [0.717, 1.165) is 34.6 Å². The maximum atomic E-state index is 13.3. The second kappa shape index (κ2) is 6.67. The molecule has 0 saturated heterocycles. The third-order valence-corrected chi connectivity index (χ3v) is 6.31. The molecule has 0 spiro atoms. The van der Waals surface area contributed by atoms with E-state index < -0.39 is 0 Å². The normalized spacial score (nSPS) is 21.6. The molecular formula is C22H19N3OS. The lowest BCUT2D eigenvalue weighted by Gasteiger charge is -2.29. The summed E-state index contributed by atoms with van der Waals surface area (Å²) in [6.07, 6.45) is 5.00. The molecule has 27 heavy (non-hydrogen) atoms. The molecule has 134 valence electrons. The Morgan fingerprint density at radius 1 is 1.00 bits per heavy atom. The summed E-state index contributed by atoms with van der Waals surface area (Å²) in [4.78, 5) is 18.8. The van der Waals surface area contributed by atoms with Crippen molar-refractivity contribution in [2.45, 2.75) is 24.8 Å². The average Bonchev–Trinajstić information content (AvgIpc) is 3.17. The number of anilines is 2. The molecule has 2 atom stereocenters. The van der Waals surface area contributed by atoms with Gasteiger partial charge in [-0.15, -0.1) is 11.3 Å². The molecule has 1 aliphatic heterocycles. The van der Waals surface area contributed by atoms with Crippen LogP contribution in [0.5, 0.6) is 0 Å². The molecule has 2 N–H and O–H groups in total. The van der Waals surface area contributed by atoms with E-state index in [0.29, 0.717) is 6.42 Å². The Kier molecular flexibility index (Phi) is 4.02. The Bertz CT molecular complexity index is 1010. The van der Waals surface area contributed by atoms with E-state index in [9.17, 15) is 4.79 Å². The third-order valence-electron chi connectivity index (χ3n) is 5.27. The Morgan fingerprint density at radius 2 is 1.89 bits per heavy atom. The first-order chi connectivity index (χ1) is 13.3. The lowest BCUT2D eigenvalue weighted by Crippen LogP contribution is -2.26. The summed E-state index contributed by atoms with van der Waals surface area (Å²) >= 11 is 1.73. The van der Waals surface area contributed by atoms with Crippen LogP contribution in [0.4, 0.5) is 11.4 Å². The molecule has 5 heteroatoms. The van der Waals surface area contributed by atoms with Gasteiger partial charge in [-0.25, -0.2) is 0 Å². The lowest BCUT2D eigenvalue weighted by molar-refractivity contribution is -0.116. The summed E-state index contributed by atoms with van der Waals surface area (Å²) < 4.78 is 0. The number of ketones is 1. The lowest BCUT2D eigenvalue weighted by atomic mass is 9.81. The summed E-state index contributed by atoms with van der Waals surface area (Å²) in [6, 6.07) is 16.1. The molecule has 0 radical (unpaired) electrons. The molecule has 0 saturated carbocycles. The minimum atomic E-state index is -0.193. The van der Waals surface area contributed by atoms with E-state index in [1.165, 1.54) is 4.88 Å². The van der Waals surface area contributed by atoms with Crippen LogP contribution >= 0.6 is 11.3 Å². The summed E-state index contributed by atoms with van der Waals surface area (Å²) in [5.41, 5.74) is 4.88. The Labute approximate surface area is 162 Å². The molecule has 4 nitrogen and oxygen atoms in total. The number of nitrogens with one attached hydrogen (secondary N) is 2. The highest BCUT2D eigenvalue weighted by atomic mass is 32.1. The van der Waals surface area contributed by atoms with Gasteiger partial charge < -0.3 is 10.6 Å². The van der Waals surface area contributed by atoms with Gasteiger partial charge in [-0.1, -0.05) is 24.3 Å². The van der Waals surface area contributed by atoms with Crippen LogP contribution in [0.2, 0.25) is 0 Å². The molecular weight excluding hydrogens is 354 g/mol. The van der Waals surface area contributed by atoms with Crippen LogP contribution in [0.3, 0.4) is 0 Å². The van der Waals surface area contributed by atoms with Crippen molar-refractivity contribution in [2.24, 2.45) is 0 Å². The number of fused-ring (bicyclic) bond motifs is 1. The molecule has 1 aliphatic carbocycles. The summed E-state index contributed by atoms with van der Waals surface area (Å²) in [5.74, 6) is 0.444. The molecule has 5 rings (SSSR count). The number of hydrogen-bond acceptors (Lipinski definition) is 5. The fourth-order valence-corrected chi connectivity index (χ4v) is 4.84. The van der Waals surface area contributed by atoms with Crippen LogP contribution in [-0.4, -0.2) is 10.8 Å². The molecule has 0 bridgehead atoms. The van der Waals surface area contributed by atoms with Gasteiger partial charge in [0.15, 0.2) is 5.78 Å². The van der Waals surface area contributed by atoms with Crippen LogP contribution in [0.25, 0.3) is 0 Å². The fourth-order valence-electron chi connectivity index (χ4n) is 4.01. The highest BCUT2D eigenvalue weighted by Gasteiger charge is 2.36. The van der Waals surface area contributed by atoms with E-state index in [4.69, 9.17) is 0 Å². The van der Waals surface area contributed by atoms with Crippen LogP contribution in [0.1, 0.15) is 35.2 Å². The van der Waals surface area contributed by atoms with Crippen molar-refractivity contribution in [3.8, 4) is 0 Å². The number of pyridine rings is 1. The summed E-state index contributed by atoms with van der Waals surface area (Å²) in [5, 5.41) is 9.22. The standard InChI is InChI=1S/C22H19N3OS/c26-19-12-15(20-8-4-10-27-20)11-18-21(19)22(14-5-3-9-23-13-14)25-17-7-2-1-6-16(17)24-18/h1-10,13,15,22,24-25H,11-12H2. The highest BCUT2D eigenvalue weighted by molar-refractivity contribution is 7.10. The number of nitrogens with zero attached hydrogens (tertiary/aromatic N) is 1. The van der Waals surface area contributed by atoms with E-state index in [1.807, 2.05) is 36.5 Å². The number of allylic oxidation sites excluding steroid dienone is 1. The minimum absolute atomic E-state index is 0.193. The average molecular weight is 373 g/mol. The topological polar surface area (TPSA) is 54.0 Å². The molecule has 3 heterocycles. The van der Waals surface area contributed by atoms with Crippen LogP contribution < -0.4 is 10.6 Å². The number of thiophene rings is 1. The van der Waals surface area contributed by atoms with Gasteiger partial charge in [-0.05, 0) is 41.6 Å². The smallest absolute Gasteiger partial charge is 0.163 e. The SMILES string of the molecule is O=C1CC(c2cccs2)CC2=C1C(c1cccnc1)Nc1ccccc1N2. The first kappa shape index (κ1) is 16.3. The van der Waals surface area contributed by atoms with Gasteiger partial charge in [0.2, 0.25) is 0 Å². The predicted molar refractivity (Wildman–Crippen MR) is 109 cm³/mol. The van der Waals surface area contributed by atoms with E-state index in [1.54, 1.807) is 17.5 Å². The predicted octanol–water partition coefficient (Wildman–Crippen LogP) is 5.12. The van der Waals surface area contributed by atoms with Crippen molar-refractivity contribution in [3.05, 3.63) is 88.0 Å². The summed E-state index contributed by atoms with van der Waals surface area (Å²) in [7, 11) is 0. The molecule has 2 unspecified atom stereocenters. The zero-order valence-electron chi connectivity index (χ0n) is 14.7. The van der Waals surface area contributed by atoms with Crippen molar-refractivity contribution in [1.29, 1.82) is 0 Å². The molecule has 1 aromatic carbocycles. The van der Waals surface area contributed by atoms with Gasteiger partial charge in [0.25, 0.3) is 0 Å². The number of aromatic nitrogens is 1. The fraction of sp³-hybridized carbons (Fsp3) is 0.182. The second-order valence-corrected chi connectivity index (χ2v) is 7.95. The zero-order chi connectivity index (χ0) is 18.2. The summed E-state index contributed by atoms with van der Waals surface area (Å²) in [6.45, 7) is 0. The molecule has 2 aromatic heterocycles. The number of Topliss-reactive ketones (excluding diaryl/α,β-unsaturated/α-hetero) is 1. The van der Waals surface area contributed by atoms with E-state index in [2.05, 4.69) is 39.2 Å². The molecule has 0 amide bonds. The largest absolute Gasteiger partial charge is 0.372 e. The van der Waals surface area contributed by atoms with Gasteiger partial charge in [0.1, 0.15) is 0 Å². The molecule has 0 fully saturated rings. The van der Waals surface area contributed by atoms with Crippen LogP contribution in [-0.2, 0) is 4.79 Å². The van der Waals surface area contributed by atoms with Crippen molar-refractivity contribution >= 4 is 28.5 Å². The van der Waals surface area contributed by atoms with Gasteiger partial charge in [-0.2, -0.15) is 0 Å². The van der Waals surface area contributed by atoms with Gasteiger partial charge in [-0.3, -0.25) is 9.78 Å². The first-order valence-corrected chi connectivity index (χ1v) is 10.00. The van der Waals surface area contributed by atoms with E-state index in [-0.39, 0.29) is 17.7 Å². The van der Waals surface area contributed by atoms with Gasteiger partial charge in [0.05, 0.1) is 17.4 Å². The van der Waals surface area contributed by atoms with Crippen molar-refractivity contribution < 1.29 is 4.79 Å². The highest BCUT2D eigenvalue weighted by Crippen LogP contribution is 2.44. The maximum Gasteiger partial charge on any atom is 0.163 e. The minimum Gasteiger partial charge on any atom is -0.372 e. The number of carbonyl (C=O) groups excluding carboxylic acids is 1. The van der Waals surface area contributed by atoms with Crippen molar-refractivity contribution in [2.75, 3.05) is 10.6 Å². The quantitative estimate of drug-likeness (QED) is 0.654. The van der Waals surface area contributed by atoms with Crippen LogP contribution in [0, 0.1) is 0 Å². The van der Waals surface area contributed by atoms with Gasteiger partial charge >= 0.3 is 0 Å². The van der Waals surface area contributed by atoms with E-state index >= 15 is 0 Å². The monoisotopic (exact) mass is 373 g/mol. The van der Waals surface area contributed by atoms with Crippen molar-refractivity contribution in [1.82, 2.24) is 4.98 Å². The molecule has 3 aromatic rings. The Balaban J connectivity index is 1.63. The Hall–Kier alpha value is -2.92. The van der Waals surface area contributed by atoms with Crippen LogP contribution in [0.15, 0.2) is 77.6 Å². The zero-order valence-corrected chi connectivity index (χ0v) is 15.5. The van der Waals surface area contributed by atoms with Crippen molar-refractivity contribution in [3.63, 3.8) is 0 Å². The first-order valence-electron chi connectivity index (χ1n) is 9.12. The Morgan fingerprint density at radius 3 is 2.67 bits per heavy atom.